The first kappa shape index (κ1) is 16.2. The van der Waals surface area contributed by atoms with Crippen molar-refractivity contribution < 1.29 is 19.1 Å². The predicted molar refractivity (Wildman–Crippen MR) is 75.5 cm³/mol. The molecule has 0 aliphatic heterocycles. The molecule has 0 spiro atoms. The molecule has 0 aliphatic rings. The van der Waals surface area contributed by atoms with Crippen LogP contribution in [0.25, 0.3) is 0 Å². The van der Waals surface area contributed by atoms with Crippen molar-refractivity contribution >= 4 is 11.9 Å². The SMILES string of the molecule is CC(C)COC(=O)c1[c]c(C(=O)OCC(C)C)ccc1. The largest absolute Gasteiger partial charge is 0.462 e. The van der Waals surface area contributed by atoms with Crippen LogP contribution in [-0.4, -0.2) is 25.2 Å². The summed E-state index contributed by atoms with van der Waals surface area (Å²) >= 11 is 0. The topological polar surface area (TPSA) is 52.6 Å². The molecule has 1 rings (SSSR count). The van der Waals surface area contributed by atoms with Gasteiger partial charge in [0.05, 0.1) is 24.3 Å². The molecule has 0 aliphatic carbocycles. The summed E-state index contributed by atoms with van der Waals surface area (Å²) in [6.07, 6.45) is 0. The summed E-state index contributed by atoms with van der Waals surface area (Å²) in [7, 11) is 0. The van der Waals surface area contributed by atoms with E-state index in [9.17, 15) is 9.59 Å². The van der Waals surface area contributed by atoms with Gasteiger partial charge in [0.25, 0.3) is 0 Å². The Morgan fingerprint density at radius 1 is 0.950 bits per heavy atom. The molecule has 1 radical (unpaired) electrons. The first-order valence-corrected chi connectivity index (χ1v) is 6.76. The van der Waals surface area contributed by atoms with Crippen LogP contribution in [0, 0.1) is 17.9 Å². The van der Waals surface area contributed by atoms with Crippen molar-refractivity contribution in [2.24, 2.45) is 11.8 Å². The van der Waals surface area contributed by atoms with Gasteiger partial charge in [-0.05, 0) is 24.0 Å². The third-order valence-corrected chi connectivity index (χ3v) is 2.33. The summed E-state index contributed by atoms with van der Waals surface area (Å²) in [5, 5.41) is 0. The molecule has 0 amide bonds. The number of carbonyl (C=O) groups excluding carboxylic acids is 2. The quantitative estimate of drug-likeness (QED) is 0.750. The van der Waals surface area contributed by atoms with Crippen molar-refractivity contribution in [3.8, 4) is 0 Å². The minimum atomic E-state index is -0.475. The molecule has 0 atom stereocenters. The third-order valence-electron chi connectivity index (χ3n) is 2.33. The molecule has 0 heterocycles. The van der Waals surface area contributed by atoms with Crippen LogP contribution in [0.2, 0.25) is 0 Å². The number of esters is 2. The fraction of sp³-hybridized carbons (Fsp3) is 0.500. The molecule has 0 bridgehead atoms. The second-order valence-corrected chi connectivity index (χ2v) is 5.46. The highest BCUT2D eigenvalue weighted by Crippen LogP contribution is 2.09. The molecule has 109 valence electrons. The summed E-state index contributed by atoms with van der Waals surface area (Å²) in [5.74, 6) is -0.425. The molecule has 1 aromatic rings. The van der Waals surface area contributed by atoms with E-state index in [2.05, 4.69) is 6.07 Å². The zero-order chi connectivity index (χ0) is 15.1. The normalized spacial score (nSPS) is 10.7. The minimum Gasteiger partial charge on any atom is -0.462 e. The average Bonchev–Trinajstić information content (AvgIpc) is 2.42. The van der Waals surface area contributed by atoms with Gasteiger partial charge < -0.3 is 9.47 Å². The van der Waals surface area contributed by atoms with E-state index >= 15 is 0 Å². The summed E-state index contributed by atoms with van der Waals surface area (Å²) < 4.78 is 10.2. The van der Waals surface area contributed by atoms with Crippen molar-refractivity contribution in [2.45, 2.75) is 27.7 Å². The Morgan fingerprint density at radius 3 is 1.70 bits per heavy atom. The van der Waals surface area contributed by atoms with Gasteiger partial charge in [-0.2, -0.15) is 0 Å². The average molecular weight is 277 g/mol. The highest BCUT2D eigenvalue weighted by atomic mass is 16.5. The van der Waals surface area contributed by atoms with Crippen LogP contribution in [0.4, 0.5) is 0 Å². The van der Waals surface area contributed by atoms with Crippen molar-refractivity contribution in [1.82, 2.24) is 0 Å². The van der Waals surface area contributed by atoms with Gasteiger partial charge in [0.1, 0.15) is 0 Å². The van der Waals surface area contributed by atoms with E-state index in [4.69, 9.17) is 9.47 Å². The zero-order valence-electron chi connectivity index (χ0n) is 12.4. The van der Waals surface area contributed by atoms with Crippen LogP contribution in [0.5, 0.6) is 0 Å². The fourth-order valence-electron chi connectivity index (χ4n) is 1.35. The van der Waals surface area contributed by atoms with Crippen molar-refractivity contribution in [3.05, 3.63) is 35.4 Å². The highest BCUT2D eigenvalue weighted by Gasteiger charge is 2.14. The molecule has 0 unspecified atom stereocenters. The summed E-state index contributed by atoms with van der Waals surface area (Å²) in [6, 6.07) is 7.50. The monoisotopic (exact) mass is 277 g/mol. The Hall–Kier alpha value is -1.84. The number of benzene rings is 1. The number of carbonyl (C=O) groups is 2. The van der Waals surface area contributed by atoms with E-state index in [1.807, 2.05) is 27.7 Å². The van der Waals surface area contributed by atoms with Crippen LogP contribution in [0.15, 0.2) is 18.2 Å². The second kappa shape index (κ2) is 7.68. The summed E-state index contributed by atoms with van der Waals surface area (Å²) in [4.78, 5) is 23.6. The van der Waals surface area contributed by atoms with Crippen molar-refractivity contribution in [3.63, 3.8) is 0 Å². The van der Waals surface area contributed by atoms with Gasteiger partial charge in [-0.25, -0.2) is 9.59 Å². The maximum absolute atomic E-state index is 11.8. The molecule has 0 N–H and O–H groups in total. The number of ether oxygens (including phenoxy) is 2. The Morgan fingerprint density at radius 2 is 1.35 bits per heavy atom. The fourth-order valence-corrected chi connectivity index (χ4v) is 1.35. The molecular weight excluding hydrogens is 256 g/mol. The summed E-state index contributed by atoms with van der Waals surface area (Å²) in [6.45, 7) is 8.50. The smallest absolute Gasteiger partial charge is 0.338 e. The third kappa shape index (κ3) is 5.43. The molecule has 0 aromatic heterocycles. The van der Waals surface area contributed by atoms with Gasteiger partial charge in [-0.1, -0.05) is 33.8 Å². The van der Waals surface area contributed by atoms with Crippen molar-refractivity contribution in [1.29, 1.82) is 0 Å². The lowest BCUT2D eigenvalue weighted by molar-refractivity contribution is 0.0455. The Labute approximate surface area is 120 Å². The lowest BCUT2D eigenvalue weighted by Crippen LogP contribution is -2.13. The van der Waals surface area contributed by atoms with Crippen LogP contribution < -0.4 is 0 Å². The van der Waals surface area contributed by atoms with E-state index < -0.39 is 11.9 Å². The Balaban J connectivity index is 2.70. The molecular formula is C16H21O4. The van der Waals surface area contributed by atoms with Gasteiger partial charge >= 0.3 is 11.9 Å². The van der Waals surface area contributed by atoms with E-state index in [1.165, 1.54) is 0 Å². The molecule has 20 heavy (non-hydrogen) atoms. The van der Waals surface area contributed by atoms with Gasteiger partial charge in [0, 0.05) is 6.07 Å². The number of rotatable bonds is 6. The maximum atomic E-state index is 11.8. The van der Waals surface area contributed by atoms with Gasteiger partial charge in [-0.15, -0.1) is 0 Å². The standard InChI is InChI=1S/C16H21O4/c1-11(2)9-19-15(17)13-6-5-7-14(8-13)16(18)20-10-12(3)4/h5-7,11-12H,9-10H2,1-4H3. The first-order chi connectivity index (χ1) is 9.40. The van der Waals surface area contributed by atoms with Gasteiger partial charge in [-0.3, -0.25) is 0 Å². The Bertz CT molecular complexity index is 424. The predicted octanol–water partition coefficient (Wildman–Crippen LogP) is 3.11. The van der Waals surface area contributed by atoms with E-state index in [0.29, 0.717) is 13.2 Å². The number of hydrogen-bond acceptors (Lipinski definition) is 4. The molecule has 0 saturated carbocycles. The van der Waals surface area contributed by atoms with Crippen LogP contribution in [0.1, 0.15) is 48.4 Å². The number of hydrogen-bond donors (Lipinski definition) is 0. The molecule has 1 aromatic carbocycles. The van der Waals surface area contributed by atoms with Crippen LogP contribution in [0.3, 0.4) is 0 Å². The second-order valence-electron chi connectivity index (χ2n) is 5.46. The lowest BCUT2D eigenvalue weighted by atomic mass is 10.1. The lowest BCUT2D eigenvalue weighted by Gasteiger charge is -2.09. The Kier molecular flexibility index (Phi) is 6.22. The maximum Gasteiger partial charge on any atom is 0.338 e. The molecule has 0 fully saturated rings. The van der Waals surface area contributed by atoms with Crippen LogP contribution in [-0.2, 0) is 9.47 Å². The van der Waals surface area contributed by atoms with E-state index in [0.717, 1.165) is 0 Å². The molecule has 4 heteroatoms. The molecule has 0 saturated heterocycles. The van der Waals surface area contributed by atoms with Gasteiger partial charge in [0.15, 0.2) is 0 Å². The highest BCUT2D eigenvalue weighted by molar-refractivity contribution is 5.94. The zero-order valence-corrected chi connectivity index (χ0v) is 12.4. The molecule has 4 nitrogen and oxygen atoms in total. The minimum absolute atomic E-state index is 0.240. The van der Waals surface area contributed by atoms with Crippen LogP contribution >= 0.6 is 0 Å². The van der Waals surface area contributed by atoms with Gasteiger partial charge in [0.2, 0.25) is 0 Å². The first-order valence-electron chi connectivity index (χ1n) is 6.76. The summed E-state index contributed by atoms with van der Waals surface area (Å²) in [5.41, 5.74) is 0.481. The van der Waals surface area contributed by atoms with Crippen molar-refractivity contribution in [2.75, 3.05) is 13.2 Å². The van der Waals surface area contributed by atoms with E-state index in [1.54, 1.807) is 18.2 Å². The van der Waals surface area contributed by atoms with E-state index in [-0.39, 0.29) is 23.0 Å².